The standard InChI is InChI=1S/C18H25NO2/c19-17-15-13-11-9-7-5-3-1-2-4-6-8-10-12-14-16-18(20)21/h2,4,6,8-16H2,(H,20,21)/p-1. The summed E-state index contributed by atoms with van der Waals surface area (Å²) >= 11 is 0. The van der Waals surface area contributed by atoms with E-state index in [1.165, 1.54) is 0 Å². The van der Waals surface area contributed by atoms with Gasteiger partial charge in [0.1, 0.15) is 0 Å². The Kier molecular flexibility index (Phi) is 14.7. The molecule has 0 aliphatic rings. The Morgan fingerprint density at radius 3 is 1.81 bits per heavy atom. The summed E-state index contributed by atoms with van der Waals surface area (Å²) < 4.78 is 0. The average molecular weight is 286 g/mol. The molecule has 114 valence electrons. The molecule has 21 heavy (non-hydrogen) atoms. The molecule has 0 aromatic heterocycles. The Balaban J connectivity index is 3.28. The zero-order chi connectivity index (χ0) is 15.6. The molecule has 0 saturated carbocycles. The highest BCUT2D eigenvalue weighted by atomic mass is 16.4. The zero-order valence-electron chi connectivity index (χ0n) is 12.7. The van der Waals surface area contributed by atoms with Crippen molar-refractivity contribution in [2.45, 2.75) is 77.0 Å². The third-order valence-corrected chi connectivity index (χ3v) is 3.01. The number of carbonyl (C=O) groups is 1. The molecule has 0 heterocycles. The van der Waals surface area contributed by atoms with Crippen molar-refractivity contribution in [3.05, 3.63) is 0 Å². The first-order valence-electron chi connectivity index (χ1n) is 7.80. The van der Waals surface area contributed by atoms with Crippen molar-refractivity contribution in [1.29, 1.82) is 5.26 Å². The van der Waals surface area contributed by atoms with Crippen LogP contribution in [0.2, 0.25) is 0 Å². The number of nitriles is 1. The van der Waals surface area contributed by atoms with Gasteiger partial charge in [-0.05, 0) is 43.9 Å². The van der Waals surface area contributed by atoms with E-state index in [2.05, 4.69) is 29.8 Å². The fourth-order valence-corrected chi connectivity index (χ4v) is 1.82. The highest BCUT2D eigenvalue weighted by Crippen LogP contribution is 2.07. The van der Waals surface area contributed by atoms with Crippen molar-refractivity contribution >= 4 is 5.97 Å². The first-order chi connectivity index (χ1) is 10.3. The van der Waals surface area contributed by atoms with Crippen molar-refractivity contribution in [3.63, 3.8) is 0 Å². The molecule has 0 saturated heterocycles. The first-order valence-corrected chi connectivity index (χ1v) is 7.80. The molecule has 0 amide bonds. The highest BCUT2D eigenvalue weighted by molar-refractivity contribution is 5.63. The minimum absolute atomic E-state index is 0.181. The summed E-state index contributed by atoms with van der Waals surface area (Å²) in [4.78, 5) is 10.2. The molecular formula is C18H24NO2-. The number of nitrogens with zero attached hydrogens (tertiary/aromatic N) is 1. The van der Waals surface area contributed by atoms with E-state index in [0.29, 0.717) is 6.42 Å². The predicted octanol–water partition coefficient (Wildman–Crippen LogP) is 2.95. The van der Waals surface area contributed by atoms with Crippen molar-refractivity contribution in [3.8, 4) is 29.8 Å². The minimum Gasteiger partial charge on any atom is -0.550 e. The van der Waals surface area contributed by atoms with Gasteiger partial charge in [-0.3, -0.25) is 0 Å². The fourth-order valence-electron chi connectivity index (χ4n) is 1.82. The van der Waals surface area contributed by atoms with Gasteiger partial charge >= 0.3 is 0 Å². The largest absolute Gasteiger partial charge is 0.550 e. The summed E-state index contributed by atoms with van der Waals surface area (Å²) in [7, 11) is 0. The number of carbonyl (C=O) groups excluding carboxylic acids is 1. The van der Waals surface area contributed by atoms with Crippen LogP contribution in [0.25, 0.3) is 0 Å². The van der Waals surface area contributed by atoms with Crippen LogP contribution in [0.1, 0.15) is 77.0 Å². The SMILES string of the molecule is N#CCCCCC#CC#CCCCCCCCCC(=O)[O-]. The van der Waals surface area contributed by atoms with Crippen LogP contribution in [0.3, 0.4) is 0 Å². The number of hydrogen-bond acceptors (Lipinski definition) is 3. The molecule has 0 atom stereocenters. The molecule has 0 N–H and O–H groups in total. The van der Waals surface area contributed by atoms with Gasteiger partial charge in [0.15, 0.2) is 0 Å². The third-order valence-electron chi connectivity index (χ3n) is 3.01. The van der Waals surface area contributed by atoms with Crippen molar-refractivity contribution in [2.75, 3.05) is 0 Å². The van der Waals surface area contributed by atoms with Gasteiger partial charge in [0.25, 0.3) is 0 Å². The van der Waals surface area contributed by atoms with E-state index < -0.39 is 5.97 Å². The van der Waals surface area contributed by atoms with Gasteiger partial charge in [0.2, 0.25) is 0 Å². The van der Waals surface area contributed by atoms with E-state index in [0.717, 1.165) is 64.2 Å². The summed E-state index contributed by atoms with van der Waals surface area (Å²) in [6, 6.07) is 2.11. The van der Waals surface area contributed by atoms with Gasteiger partial charge in [-0.2, -0.15) is 5.26 Å². The number of carboxylic acids is 1. The van der Waals surface area contributed by atoms with E-state index in [-0.39, 0.29) is 6.42 Å². The molecule has 0 radical (unpaired) electrons. The monoisotopic (exact) mass is 286 g/mol. The first kappa shape index (κ1) is 19.1. The summed E-state index contributed by atoms with van der Waals surface area (Å²) in [5.41, 5.74) is 0. The zero-order valence-corrected chi connectivity index (χ0v) is 12.7. The lowest BCUT2D eigenvalue weighted by atomic mass is 10.1. The van der Waals surface area contributed by atoms with Crippen LogP contribution in [-0.2, 0) is 4.79 Å². The van der Waals surface area contributed by atoms with Gasteiger partial charge in [0.05, 0.1) is 6.07 Å². The average Bonchev–Trinajstić information content (AvgIpc) is 2.46. The van der Waals surface area contributed by atoms with Crippen molar-refractivity contribution < 1.29 is 9.90 Å². The molecule has 0 bridgehead atoms. The molecule has 0 unspecified atom stereocenters. The lowest BCUT2D eigenvalue weighted by molar-refractivity contribution is -0.305. The lowest BCUT2D eigenvalue weighted by Gasteiger charge is -2.01. The molecule has 0 fully saturated rings. The molecule has 3 heteroatoms. The van der Waals surface area contributed by atoms with Crippen LogP contribution in [0.5, 0.6) is 0 Å². The predicted molar refractivity (Wildman–Crippen MR) is 81.6 cm³/mol. The van der Waals surface area contributed by atoms with Crippen LogP contribution in [0.4, 0.5) is 0 Å². The molecular weight excluding hydrogens is 262 g/mol. The summed E-state index contributed by atoms with van der Waals surface area (Å²) in [5, 5.41) is 18.6. The van der Waals surface area contributed by atoms with E-state index >= 15 is 0 Å². The van der Waals surface area contributed by atoms with Crippen LogP contribution < -0.4 is 5.11 Å². The summed E-state index contributed by atoms with van der Waals surface area (Å²) in [5.74, 6) is 10.8. The van der Waals surface area contributed by atoms with Crippen LogP contribution in [0.15, 0.2) is 0 Å². The molecule has 0 aliphatic heterocycles. The normalized spacial score (nSPS) is 8.90. The third kappa shape index (κ3) is 18.1. The quantitative estimate of drug-likeness (QED) is 0.433. The highest BCUT2D eigenvalue weighted by Gasteiger charge is 1.91. The van der Waals surface area contributed by atoms with E-state index in [1.807, 2.05) is 0 Å². The topological polar surface area (TPSA) is 63.9 Å². The molecule has 0 aromatic carbocycles. The van der Waals surface area contributed by atoms with Gasteiger partial charge in [-0.1, -0.05) is 37.5 Å². The second-order valence-electron chi connectivity index (χ2n) is 4.96. The van der Waals surface area contributed by atoms with Crippen LogP contribution in [0, 0.1) is 35.0 Å². The summed E-state index contributed by atoms with van der Waals surface area (Å²) in [6.07, 6.45) is 10.5. The Hall–Kier alpha value is -1.92. The van der Waals surface area contributed by atoms with Crippen molar-refractivity contribution in [2.24, 2.45) is 0 Å². The molecule has 0 rings (SSSR count). The number of unbranched alkanes of at least 4 members (excludes halogenated alkanes) is 9. The molecule has 0 aliphatic carbocycles. The summed E-state index contributed by atoms with van der Waals surface area (Å²) in [6.45, 7) is 0. The maximum absolute atomic E-state index is 10.2. The Morgan fingerprint density at radius 2 is 1.24 bits per heavy atom. The maximum Gasteiger partial charge on any atom is 0.0621 e. The van der Waals surface area contributed by atoms with E-state index in [4.69, 9.17) is 5.26 Å². The van der Waals surface area contributed by atoms with Gasteiger partial charge in [-0.25, -0.2) is 0 Å². The Morgan fingerprint density at radius 1 is 0.762 bits per heavy atom. The lowest BCUT2D eigenvalue weighted by Crippen LogP contribution is -2.21. The molecule has 3 nitrogen and oxygen atoms in total. The molecule has 0 aromatic rings. The Bertz CT molecular complexity index is 426. The van der Waals surface area contributed by atoms with Crippen molar-refractivity contribution in [1.82, 2.24) is 0 Å². The number of hydrogen-bond donors (Lipinski definition) is 0. The minimum atomic E-state index is -0.948. The number of carboxylic acid groups (broad SMARTS) is 1. The van der Waals surface area contributed by atoms with E-state index in [9.17, 15) is 9.90 Å². The van der Waals surface area contributed by atoms with Crippen LogP contribution >= 0.6 is 0 Å². The van der Waals surface area contributed by atoms with E-state index in [1.54, 1.807) is 0 Å². The van der Waals surface area contributed by atoms with Gasteiger partial charge in [0, 0.05) is 25.2 Å². The smallest absolute Gasteiger partial charge is 0.0621 e. The number of rotatable bonds is 11. The maximum atomic E-state index is 10.2. The fraction of sp³-hybridized carbons (Fsp3) is 0.667. The second-order valence-corrected chi connectivity index (χ2v) is 4.96. The van der Waals surface area contributed by atoms with Gasteiger partial charge in [-0.15, -0.1) is 0 Å². The second kappa shape index (κ2) is 16.1. The Labute approximate surface area is 128 Å². The number of aliphatic carboxylic acids is 1. The molecule has 0 spiro atoms. The van der Waals surface area contributed by atoms with Crippen LogP contribution in [-0.4, -0.2) is 5.97 Å². The van der Waals surface area contributed by atoms with Gasteiger partial charge < -0.3 is 9.90 Å².